The number of benzene rings is 16. The van der Waals surface area contributed by atoms with Crippen LogP contribution in [0.4, 0.5) is 34.1 Å². The molecule has 0 unspecified atom stereocenters. The average molecular weight is 1120 g/mol. The van der Waals surface area contributed by atoms with Crippen molar-refractivity contribution in [1.29, 1.82) is 0 Å². The van der Waals surface area contributed by atoms with Crippen molar-refractivity contribution in [1.82, 2.24) is 9.13 Å². The summed E-state index contributed by atoms with van der Waals surface area (Å²) in [6.45, 7) is 0. The van der Waals surface area contributed by atoms with Crippen LogP contribution in [0.25, 0.3) is 120 Å². The molecule has 0 bridgehead atoms. The predicted molar refractivity (Wildman–Crippen MR) is 376 cm³/mol. The highest BCUT2D eigenvalue weighted by atomic mass is 15.2. The van der Waals surface area contributed by atoms with Crippen molar-refractivity contribution in [2.45, 2.75) is 0 Å². The Labute approximate surface area is 509 Å². The van der Waals surface area contributed by atoms with Crippen LogP contribution >= 0.6 is 0 Å². The van der Waals surface area contributed by atoms with Gasteiger partial charge >= 0.3 is 0 Å². The molecule has 0 N–H and O–H groups in total. The third kappa shape index (κ3) is 8.22. The lowest BCUT2D eigenvalue weighted by atomic mass is 9.94. The molecule has 0 aliphatic heterocycles. The highest BCUT2D eigenvalue weighted by Crippen LogP contribution is 2.50. The van der Waals surface area contributed by atoms with Crippen LogP contribution < -0.4 is 9.80 Å². The Morgan fingerprint density at radius 3 is 1.00 bits per heavy atom. The topological polar surface area (TPSA) is 16.3 Å². The summed E-state index contributed by atoms with van der Waals surface area (Å²) in [5.74, 6) is 0. The van der Waals surface area contributed by atoms with Crippen molar-refractivity contribution in [3.8, 4) is 11.4 Å². The van der Waals surface area contributed by atoms with Crippen LogP contribution in [0.2, 0.25) is 0 Å². The van der Waals surface area contributed by atoms with Crippen LogP contribution in [0.15, 0.2) is 340 Å². The smallest absolute Gasteiger partial charge is 0.0620 e. The molecule has 18 aromatic rings. The van der Waals surface area contributed by atoms with Crippen LogP contribution in [0, 0.1) is 0 Å². The minimum absolute atomic E-state index is 1.13. The molecular formula is C84H56N4. The van der Waals surface area contributed by atoms with Crippen molar-refractivity contribution >= 4 is 142 Å². The normalized spacial score (nSPS) is 11.6. The summed E-state index contributed by atoms with van der Waals surface area (Å²) in [5.41, 5.74) is 14.2. The molecule has 0 atom stereocenters. The molecule has 2 heterocycles. The first kappa shape index (κ1) is 50.8. The van der Waals surface area contributed by atoms with Crippen molar-refractivity contribution in [3.05, 3.63) is 340 Å². The van der Waals surface area contributed by atoms with E-state index in [4.69, 9.17) is 0 Å². The van der Waals surface area contributed by atoms with E-state index in [9.17, 15) is 0 Å². The van der Waals surface area contributed by atoms with Crippen LogP contribution in [-0.4, -0.2) is 9.13 Å². The molecule has 0 fully saturated rings. The molecule has 0 radical (unpaired) electrons. The summed E-state index contributed by atoms with van der Waals surface area (Å²) in [7, 11) is 0. The van der Waals surface area contributed by atoms with Gasteiger partial charge in [0, 0.05) is 76.6 Å². The maximum atomic E-state index is 2.49. The van der Waals surface area contributed by atoms with Crippen molar-refractivity contribution in [3.63, 3.8) is 0 Å². The van der Waals surface area contributed by atoms with E-state index in [-0.39, 0.29) is 0 Å². The van der Waals surface area contributed by atoms with Gasteiger partial charge in [-0.3, -0.25) is 0 Å². The summed E-state index contributed by atoms with van der Waals surface area (Å²) in [6.07, 6.45) is 0. The quantitative estimate of drug-likeness (QED) is 0.111. The second-order valence-electron chi connectivity index (χ2n) is 22.7. The monoisotopic (exact) mass is 1120 g/mol. The molecule has 0 aliphatic rings. The van der Waals surface area contributed by atoms with Crippen molar-refractivity contribution < 1.29 is 0 Å². The van der Waals surface area contributed by atoms with Gasteiger partial charge in [0.15, 0.2) is 0 Å². The highest BCUT2D eigenvalue weighted by molar-refractivity contribution is 6.26. The number of rotatable bonds is 8. The third-order valence-corrected chi connectivity index (χ3v) is 17.8. The first-order chi connectivity index (χ1) is 43.7. The van der Waals surface area contributed by atoms with Gasteiger partial charge in [0.05, 0.1) is 44.8 Å². The molecule has 0 saturated heterocycles. The minimum atomic E-state index is 1.13. The molecule has 4 heteroatoms. The lowest BCUT2D eigenvalue weighted by Gasteiger charge is -2.30. The lowest BCUT2D eigenvalue weighted by molar-refractivity contribution is 1.20. The summed E-state index contributed by atoms with van der Waals surface area (Å²) < 4.78 is 4.94. The van der Waals surface area contributed by atoms with Crippen LogP contribution in [-0.2, 0) is 0 Å². The van der Waals surface area contributed by atoms with Crippen molar-refractivity contribution in [2.24, 2.45) is 0 Å². The Balaban J connectivity index is 0.000000137. The second kappa shape index (κ2) is 21.1. The van der Waals surface area contributed by atoms with Crippen LogP contribution in [0.3, 0.4) is 0 Å². The van der Waals surface area contributed by atoms with Gasteiger partial charge in [-0.25, -0.2) is 0 Å². The maximum Gasteiger partial charge on any atom is 0.0620 e. The van der Waals surface area contributed by atoms with Gasteiger partial charge in [0.1, 0.15) is 0 Å². The molecule has 0 saturated carbocycles. The molecule has 0 amide bonds. The highest BCUT2D eigenvalue weighted by Gasteiger charge is 2.26. The van der Waals surface area contributed by atoms with E-state index in [1.54, 1.807) is 0 Å². The Bertz CT molecular complexity index is 5510. The number of aromatic nitrogens is 2. The number of hydrogen-bond acceptors (Lipinski definition) is 2. The predicted octanol–water partition coefficient (Wildman–Crippen LogP) is 23.4. The molecule has 16 aromatic carbocycles. The first-order valence-corrected chi connectivity index (χ1v) is 30.3. The van der Waals surface area contributed by atoms with E-state index in [0.29, 0.717) is 0 Å². The summed E-state index contributed by atoms with van der Waals surface area (Å²) in [6, 6.07) is 123. The van der Waals surface area contributed by atoms with E-state index in [2.05, 4.69) is 359 Å². The van der Waals surface area contributed by atoms with E-state index >= 15 is 0 Å². The fourth-order valence-electron chi connectivity index (χ4n) is 14.1. The molecule has 0 aliphatic carbocycles. The number of hydrogen-bond donors (Lipinski definition) is 0. The average Bonchev–Trinajstić information content (AvgIpc) is 1.40. The standard InChI is InChI=1S/2C42H28N2/c1-3-15-29(16-4-1)43(30-17-5-2-6-18-30)41-27-37-32-20-8-10-22-34(32)42(28-38(37)31-19-7-9-21-33(31)41)44-39-25-13-11-23-35(39)36-24-12-14-26-40(36)44;1-3-17-31(18-4-1)43(32-19-5-2-6-20-32)41-35-23-9-10-24-36(35)42(38-28-30-16-8-7-15-29(30)27-37(38)41)44-39-25-13-11-21-33(39)34-22-12-14-26-40(34)44/h2*1-28H. The molecule has 2 aromatic heterocycles. The van der Waals surface area contributed by atoms with E-state index in [1.165, 1.54) is 131 Å². The molecule has 4 nitrogen and oxygen atoms in total. The van der Waals surface area contributed by atoms with Gasteiger partial charge in [-0.1, -0.05) is 243 Å². The summed E-state index contributed by atoms with van der Waals surface area (Å²) >= 11 is 0. The fourth-order valence-corrected chi connectivity index (χ4v) is 14.1. The maximum absolute atomic E-state index is 2.49. The zero-order valence-electron chi connectivity index (χ0n) is 48.1. The first-order valence-electron chi connectivity index (χ1n) is 30.3. The second-order valence-corrected chi connectivity index (χ2v) is 22.7. The van der Waals surface area contributed by atoms with E-state index < -0.39 is 0 Å². The zero-order chi connectivity index (χ0) is 58.1. The Morgan fingerprint density at radius 1 is 0.193 bits per heavy atom. The third-order valence-electron chi connectivity index (χ3n) is 17.8. The molecule has 18 rings (SSSR count). The van der Waals surface area contributed by atoms with Gasteiger partial charge in [-0.05, 0) is 129 Å². The largest absolute Gasteiger partial charge is 0.310 e. The van der Waals surface area contributed by atoms with Gasteiger partial charge in [0.25, 0.3) is 0 Å². The SMILES string of the molecule is c1ccc(N(c2ccccc2)c2c3ccccc3c(-n3c4ccccc4c4ccccc43)c3cc4ccccc4cc23)cc1.c1ccc(N(c2ccccc2)c2cc3c4ccccc4c(-n4c5ccccc5c5ccccc54)cc3c3ccccc23)cc1. The van der Waals surface area contributed by atoms with Gasteiger partial charge in [-0.15, -0.1) is 0 Å². The minimum Gasteiger partial charge on any atom is -0.310 e. The molecular weight excluding hydrogens is 1060 g/mol. The number of anilines is 6. The number of fused-ring (bicyclic) bond motifs is 14. The van der Waals surface area contributed by atoms with Crippen LogP contribution in [0.1, 0.15) is 0 Å². The van der Waals surface area contributed by atoms with E-state index in [1.807, 2.05) is 0 Å². The Kier molecular flexibility index (Phi) is 12.2. The van der Waals surface area contributed by atoms with Gasteiger partial charge < -0.3 is 18.9 Å². The molecule has 412 valence electrons. The zero-order valence-corrected chi connectivity index (χ0v) is 48.1. The lowest BCUT2D eigenvalue weighted by Crippen LogP contribution is -2.12. The van der Waals surface area contributed by atoms with Crippen molar-refractivity contribution in [2.75, 3.05) is 9.80 Å². The summed E-state index contributed by atoms with van der Waals surface area (Å²) in [5, 5.41) is 19.8. The van der Waals surface area contributed by atoms with Gasteiger partial charge in [0.2, 0.25) is 0 Å². The summed E-state index contributed by atoms with van der Waals surface area (Å²) in [4.78, 5) is 4.81. The van der Waals surface area contributed by atoms with Gasteiger partial charge in [-0.2, -0.15) is 0 Å². The van der Waals surface area contributed by atoms with Crippen LogP contribution in [0.5, 0.6) is 0 Å². The Hall–Kier alpha value is -11.7. The fraction of sp³-hybridized carbons (Fsp3) is 0. The van der Waals surface area contributed by atoms with E-state index in [0.717, 1.165) is 22.7 Å². The number of para-hydroxylation sites is 8. The number of nitrogens with zero attached hydrogens (tertiary/aromatic N) is 4. The molecule has 88 heavy (non-hydrogen) atoms. The molecule has 0 spiro atoms. The Morgan fingerprint density at radius 2 is 0.523 bits per heavy atom.